The van der Waals surface area contributed by atoms with Gasteiger partial charge in [0.15, 0.2) is 0 Å². The minimum Gasteiger partial charge on any atom is -0.497 e. The number of methoxy groups -OCH3 is 2. The molecule has 0 aromatic heterocycles. The standard InChI is InChI=1S/C18H24N2O4S/c1-23-17-8-9-18(24-2)16(12-17)14-19-10-11-25(21,22)20-13-15-6-4-3-5-7-15/h3-9,12,19-20H,10-11,13-14H2,1-2H3. The molecule has 0 heterocycles. The summed E-state index contributed by atoms with van der Waals surface area (Å²) < 4.78 is 37.2. The molecule has 0 aliphatic rings. The van der Waals surface area contributed by atoms with E-state index in [2.05, 4.69) is 10.0 Å². The molecular formula is C18H24N2O4S. The molecule has 0 spiro atoms. The van der Waals surface area contributed by atoms with E-state index < -0.39 is 10.0 Å². The molecule has 0 fully saturated rings. The van der Waals surface area contributed by atoms with Crippen molar-refractivity contribution in [1.82, 2.24) is 10.0 Å². The van der Waals surface area contributed by atoms with Crippen molar-refractivity contribution >= 4 is 10.0 Å². The van der Waals surface area contributed by atoms with Crippen LogP contribution in [-0.4, -0.2) is 34.9 Å². The Morgan fingerprint density at radius 2 is 1.72 bits per heavy atom. The van der Waals surface area contributed by atoms with Gasteiger partial charge < -0.3 is 14.8 Å². The highest BCUT2D eigenvalue weighted by Gasteiger charge is 2.10. The molecule has 7 heteroatoms. The summed E-state index contributed by atoms with van der Waals surface area (Å²) in [7, 11) is -0.130. The lowest BCUT2D eigenvalue weighted by atomic mass is 10.2. The van der Waals surface area contributed by atoms with Crippen molar-refractivity contribution in [2.24, 2.45) is 0 Å². The molecule has 2 rings (SSSR count). The Hall–Kier alpha value is -2.09. The van der Waals surface area contributed by atoms with Gasteiger partial charge >= 0.3 is 0 Å². The average molecular weight is 364 g/mol. The van der Waals surface area contributed by atoms with E-state index in [0.29, 0.717) is 19.6 Å². The Morgan fingerprint density at radius 3 is 2.40 bits per heavy atom. The average Bonchev–Trinajstić information content (AvgIpc) is 2.64. The van der Waals surface area contributed by atoms with Crippen LogP contribution in [0.5, 0.6) is 11.5 Å². The summed E-state index contributed by atoms with van der Waals surface area (Å²) >= 11 is 0. The van der Waals surface area contributed by atoms with Crippen LogP contribution < -0.4 is 19.5 Å². The Balaban J connectivity index is 1.80. The first-order valence-corrected chi connectivity index (χ1v) is 9.62. The molecule has 0 atom stereocenters. The molecule has 0 aliphatic carbocycles. The smallest absolute Gasteiger partial charge is 0.213 e. The minimum atomic E-state index is -3.33. The maximum atomic E-state index is 12.0. The van der Waals surface area contributed by atoms with E-state index in [0.717, 1.165) is 22.6 Å². The fraction of sp³-hybridized carbons (Fsp3) is 0.333. The second-order valence-corrected chi connectivity index (χ2v) is 7.41. The second-order valence-electron chi connectivity index (χ2n) is 5.48. The summed E-state index contributed by atoms with van der Waals surface area (Å²) in [5.41, 5.74) is 1.84. The minimum absolute atomic E-state index is 0.00607. The predicted molar refractivity (Wildman–Crippen MR) is 98.3 cm³/mol. The zero-order valence-electron chi connectivity index (χ0n) is 14.5. The Bertz CT molecular complexity index is 764. The van der Waals surface area contributed by atoms with Gasteiger partial charge in [0.25, 0.3) is 0 Å². The zero-order valence-corrected chi connectivity index (χ0v) is 15.3. The van der Waals surface area contributed by atoms with Gasteiger partial charge in [-0.25, -0.2) is 13.1 Å². The van der Waals surface area contributed by atoms with Crippen LogP contribution in [0.25, 0.3) is 0 Å². The van der Waals surface area contributed by atoms with Crippen molar-refractivity contribution in [1.29, 1.82) is 0 Å². The third-order valence-electron chi connectivity index (χ3n) is 3.69. The lowest BCUT2D eigenvalue weighted by Gasteiger charge is -2.12. The molecule has 2 aromatic rings. The summed E-state index contributed by atoms with van der Waals surface area (Å²) in [6.07, 6.45) is 0. The number of rotatable bonds is 10. The maximum absolute atomic E-state index is 12.0. The number of nitrogens with one attached hydrogen (secondary N) is 2. The van der Waals surface area contributed by atoms with Gasteiger partial charge in [-0.2, -0.15) is 0 Å². The zero-order chi connectivity index (χ0) is 18.1. The molecule has 25 heavy (non-hydrogen) atoms. The van der Waals surface area contributed by atoms with E-state index in [1.165, 1.54) is 0 Å². The molecule has 2 N–H and O–H groups in total. The summed E-state index contributed by atoms with van der Waals surface area (Å²) in [5.74, 6) is 1.47. The van der Waals surface area contributed by atoms with Crippen LogP contribution >= 0.6 is 0 Å². The molecule has 136 valence electrons. The fourth-order valence-corrected chi connectivity index (χ4v) is 3.25. The quantitative estimate of drug-likeness (QED) is 0.630. The van der Waals surface area contributed by atoms with E-state index in [-0.39, 0.29) is 5.75 Å². The highest BCUT2D eigenvalue weighted by atomic mass is 32.2. The predicted octanol–water partition coefficient (Wildman–Crippen LogP) is 1.91. The van der Waals surface area contributed by atoms with E-state index in [9.17, 15) is 8.42 Å². The van der Waals surface area contributed by atoms with Gasteiger partial charge in [-0.3, -0.25) is 0 Å². The second kappa shape index (κ2) is 9.41. The fourth-order valence-electron chi connectivity index (χ4n) is 2.31. The van der Waals surface area contributed by atoms with E-state index in [1.807, 2.05) is 48.5 Å². The van der Waals surface area contributed by atoms with Gasteiger partial charge in [0.05, 0.1) is 20.0 Å². The summed E-state index contributed by atoms with van der Waals surface area (Å²) in [5, 5.41) is 3.13. The van der Waals surface area contributed by atoms with Crippen LogP contribution in [0.15, 0.2) is 48.5 Å². The molecule has 0 aliphatic heterocycles. The van der Waals surface area contributed by atoms with Crippen molar-refractivity contribution in [2.75, 3.05) is 26.5 Å². The largest absolute Gasteiger partial charge is 0.497 e. The van der Waals surface area contributed by atoms with Crippen molar-refractivity contribution in [3.05, 3.63) is 59.7 Å². The summed E-state index contributed by atoms with van der Waals surface area (Å²) in [6, 6.07) is 14.9. The van der Waals surface area contributed by atoms with Crippen LogP contribution in [-0.2, 0) is 23.1 Å². The molecule has 6 nitrogen and oxygen atoms in total. The van der Waals surface area contributed by atoms with Crippen LogP contribution in [0.4, 0.5) is 0 Å². The monoisotopic (exact) mass is 364 g/mol. The highest BCUT2D eigenvalue weighted by Crippen LogP contribution is 2.23. The van der Waals surface area contributed by atoms with Crippen LogP contribution in [0.1, 0.15) is 11.1 Å². The molecule has 0 saturated carbocycles. The number of hydrogen-bond acceptors (Lipinski definition) is 5. The molecular weight excluding hydrogens is 340 g/mol. The topological polar surface area (TPSA) is 76.7 Å². The summed E-state index contributed by atoms with van der Waals surface area (Å²) in [6.45, 7) is 1.13. The third kappa shape index (κ3) is 6.38. The van der Waals surface area contributed by atoms with Gasteiger partial charge in [0.1, 0.15) is 11.5 Å². The molecule has 0 unspecified atom stereocenters. The van der Waals surface area contributed by atoms with Gasteiger partial charge in [-0.05, 0) is 23.8 Å². The van der Waals surface area contributed by atoms with Crippen LogP contribution in [0.3, 0.4) is 0 Å². The van der Waals surface area contributed by atoms with Crippen molar-refractivity contribution < 1.29 is 17.9 Å². The van der Waals surface area contributed by atoms with E-state index in [1.54, 1.807) is 14.2 Å². The van der Waals surface area contributed by atoms with Gasteiger partial charge in [0, 0.05) is 25.2 Å². The van der Waals surface area contributed by atoms with E-state index >= 15 is 0 Å². The molecule has 0 bridgehead atoms. The Kier molecular flexibility index (Phi) is 7.24. The summed E-state index contributed by atoms with van der Waals surface area (Å²) in [4.78, 5) is 0. The molecule has 0 saturated heterocycles. The Labute approximate surface area is 149 Å². The highest BCUT2D eigenvalue weighted by molar-refractivity contribution is 7.89. The first kappa shape index (κ1) is 19.2. The molecule has 0 radical (unpaired) electrons. The number of ether oxygens (including phenoxy) is 2. The van der Waals surface area contributed by atoms with Crippen molar-refractivity contribution in [3.63, 3.8) is 0 Å². The first-order chi connectivity index (χ1) is 12.0. The normalized spacial score (nSPS) is 11.3. The number of sulfonamides is 1. The number of hydrogen-bond donors (Lipinski definition) is 2. The van der Waals surface area contributed by atoms with Crippen LogP contribution in [0.2, 0.25) is 0 Å². The SMILES string of the molecule is COc1ccc(OC)c(CNCCS(=O)(=O)NCc2ccccc2)c1. The lowest BCUT2D eigenvalue weighted by Crippen LogP contribution is -2.31. The lowest BCUT2D eigenvalue weighted by molar-refractivity contribution is 0.397. The van der Waals surface area contributed by atoms with Gasteiger partial charge in [0.2, 0.25) is 10.0 Å². The van der Waals surface area contributed by atoms with Crippen molar-refractivity contribution in [2.45, 2.75) is 13.1 Å². The number of benzene rings is 2. The van der Waals surface area contributed by atoms with Crippen LogP contribution in [0, 0.1) is 0 Å². The van der Waals surface area contributed by atoms with Gasteiger partial charge in [-0.1, -0.05) is 30.3 Å². The van der Waals surface area contributed by atoms with E-state index in [4.69, 9.17) is 9.47 Å². The molecule has 2 aromatic carbocycles. The Morgan fingerprint density at radius 1 is 0.960 bits per heavy atom. The van der Waals surface area contributed by atoms with Gasteiger partial charge in [-0.15, -0.1) is 0 Å². The third-order valence-corrected chi connectivity index (χ3v) is 5.02. The first-order valence-electron chi connectivity index (χ1n) is 7.97. The molecule has 0 amide bonds. The van der Waals surface area contributed by atoms with Crippen molar-refractivity contribution in [3.8, 4) is 11.5 Å². The maximum Gasteiger partial charge on any atom is 0.213 e.